The minimum atomic E-state index is -0.212. The molecule has 1 aliphatic carbocycles. The molecule has 0 saturated heterocycles. The molecule has 1 unspecified atom stereocenters. The second-order valence-corrected chi connectivity index (χ2v) is 4.59. The Balaban J connectivity index is 2.19. The number of aromatic nitrogens is 1. The number of carbonyl (C=O) groups excluding carboxylic acids is 1. The Morgan fingerprint density at radius 2 is 2.53 bits per heavy atom. The molecule has 0 amide bonds. The number of carbonyl (C=O) groups is 1. The zero-order valence-corrected chi connectivity index (χ0v) is 9.34. The predicted octanol–water partition coefficient (Wildman–Crippen LogP) is 1.23. The Bertz CT molecular complexity index is 375. The molecule has 0 bridgehead atoms. The zero-order chi connectivity index (χ0) is 10.8. The summed E-state index contributed by atoms with van der Waals surface area (Å²) in [4.78, 5) is 17.0. The average Bonchev–Trinajstić information content (AvgIpc) is 2.75. The van der Waals surface area contributed by atoms with Gasteiger partial charge in [0.1, 0.15) is 10.9 Å². The average molecular weight is 227 g/mol. The van der Waals surface area contributed by atoms with Crippen molar-refractivity contribution in [1.82, 2.24) is 4.98 Å². The van der Waals surface area contributed by atoms with Crippen molar-refractivity contribution in [3.8, 4) is 0 Å². The van der Waals surface area contributed by atoms with E-state index >= 15 is 0 Å². The molecule has 1 aliphatic rings. The molecule has 0 spiro atoms. The Morgan fingerprint density at radius 3 is 3.20 bits per heavy atom. The molecule has 1 atom stereocenters. The van der Waals surface area contributed by atoms with E-state index in [1.54, 1.807) is 6.92 Å². The summed E-state index contributed by atoms with van der Waals surface area (Å²) in [5.41, 5.74) is 0.822. The highest BCUT2D eigenvalue weighted by molar-refractivity contribution is 7.11. The Kier molecular flexibility index (Phi) is 3.02. The van der Waals surface area contributed by atoms with Crippen molar-refractivity contribution in [3.05, 3.63) is 15.6 Å². The van der Waals surface area contributed by atoms with Crippen molar-refractivity contribution >= 4 is 17.3 Å². The van der Waals surface area contributed by atoms with Gasteiger partial charge in [-0.05, 0) is 19.8 Å². The highest BCUT2D eigenvalue weighted by atomic mass is 32.1. The molecule has 82 valence electrons. The van der Waals surface area contributed by atoms with Crippen molar-refractivity contribution < 1.29 is 14.6 Å². The molecular weight excluding hydrogens is 214 g/mol. The van der Waals surface area contributed by atoms with Crippen molar-refractivity contribution in [2.75, 3.05) is 6.61 Å². The van der Waals surface area contributed by atoms with Crippen LogP contribution < -0.4 is 0 Å². The molecule has 5 heteroatoms. The van der Waals surface area contributed by atoms with Crippen LogP contribution in [0.5, 0.6) is 0 Å². The summed E-state index contributed by atoms with van der Waals surface area (Å²) in [6.07, 6.45) is 1.66. The second-order valence-electron chi connectivity index (χ2n) is 3.42. The lowest BCUT2D eigenvalue weighted by Gasteiger charge is -2.07. The van der Waals surface area contributed by atoms with E-state index < -0.39 is 0 Å². The predicted molar refractivity (Wildman–Crippen MR) is 55.7 cm³/mol. The Labute approximate surface area is 91.9 Å². The summed E-state index contributed by atoms with van der Waals surface area (Å²) in [6.45, 7) is 2.16. The number of ether oxygens (including phenoxy) is 1. The fraction of sp³-hybridized carbons (Fsp3) is 0.600. The topological polar surface area (TPSA) is 59.4 Å². The van der Waals surface area contributed by atoms with Crippen molar-refractivity contribution in [3.63, 3.8) is 0 Å². The van der Waals surface area contributed by atoms with Crippen LogP contribution in [0.2, 0.25) is 0 Å². The first kappa shape index (κ1) is 10.6. The van der Waals surface area contributed by atoms with Crippen LogP contribution in [0.25, 0.3) is 0 Å². The smallest absolute Gasteiger partial charge is 0.315 e. The van der Waals surface area contributed by atoms with Gasteiger partial charge in [0.25, 0.3) is 0 Å². The van der Waals surface area contributed by atoms with Crippen LogP contribution in [0, 0.1) is 0 Å². The maximum Gasteiger partial charge on any atom is 0.315 e. The number of hydrogen-bond acceptors (Lipinski definition) is 5. The third-order valence-electron chi connectivity index (χ3n) is 2.47. The van der Waals surface area contributed by atoms with Gasteiger partial charge < -0.3 is 9.84 Å². The van der Waals surface area contributed by atoms with Crippen molar-refractivity contribution in [2.24, 2.45) is 0 Å². The molecule has 1 N–H and O–H groups in total. The van der Waals surface area contributed by atoms with Gasteiger partial charge in [0.2, 0.25) is 0 Å². The molecule has 1 heterocycles. The lowest BCUT2D eigenvalue weighted by Crippen LogP contribution is -2.14. The van der Waals surface area contributed by atoms with Crippen LogP contribution in [0.3, 0.4) is 0 Å². The monoisotopic (exact) mass is 227 g/mol. The van der Waals surface area contributed by atoms with E-state index in [9.17, 15) is 4.79 Å². The molecule has 0 aliphatic heterocycles. The number of aryl methyl sites for hydroxylation is 1. The number of aliphatic hydroxyl groups is 1. The van der Waals surface area contributed by atoms with Crippen molar-refractivity contribution in [2.45, 2.75) is 32.3 Å². The molecule has 0 aromatic carbocycles. The summed E-state index contributed by atoms with van der Waals surface area (Å²) in [5, 5.41) is 9.64. The molecule has 15 heavy (non-hydrogen) atoms. The lowest BCUT2D eigenvalue weighted by atomic mass is 10.1. The summed E-state index contributed by atoms with van der Waals surface area (Å²) in [6, 6.07) is 0. The highest BCUT2D eigenvalue weighted by Crippen LogP contribution is 2.37. The van der Waals surface area contributed by atoms with Gasteiger partial charge in [-0.25, -0.2) is 4.98 Å². The fourth-order valence-electron chi connectivity index (χ4n) is 1.82. The van der Waals surface area contributed by atoms with E-state index in [-0.39, 0.29) is 18.5 Å². The van der Waals surface area contributed by atoms with Gasteiger partial charge in [-0.15, -0.1) is 11.3 Å². The van der Waals surface area contributed by atoms with Gasteiger partial charge in [0, 0.05) is 4.88 Å². The summed E-state index contributed by atoms with van der Waals surface area (Å²) >= 11 is 1.49. The zero-order valence-electron chi connectivity index (χ0n) is 8.52. The minimum absolute atomic E-state index is 0.0484. The summed E-state index contributed by atoms with van der Waals surface area (Å²) in [7, 11) is 0. The van der Waals surface area contributed by atoms with E-state index in [4.69, 9.17) is 9.84 Å². The molecule has 0 saturated carbocycles. The van der Waals surface area contributed by atoms with Gasteiger partial charge in [-0.3, -0.25) is 4.79 Å². The van der Waals surface area contributed by atoms with E-state index in [0.29, 0.717) is 11.6 Å². The number of rotatable bonds is 3. The number of aliphatic hydroxyl groups excluding tert-OH is 1. The SMILES string of the molecule is CCOC(=O)C1CCc2sc(CO)nc21. The number of fused-ring (bicyclic) bond motifs is 1. The first-order valence-corrected chi connectivity index (χ1v) is 5.83. The molecule has 0 fully saturated rings. The Morgan fingerprint density at radius 1 is 1.73 bits per heavy atom. The third-order valence-corrected chi connectivity index (χ3v) is 3.58. The minimum Gasteiger partial charge on any atom is -0.465 e. The van der Waals surface area contributed by atoms with Crippen LogP contribution >= 0.6 is 11.3 Å². The second kappa shape index (κ2) is 4.28. The maximum atomic E-state index is 11.6. The van der Waals surface area contributed by atoms with E-state index in [0.717, 1.165) is 23.4 Å². The molecular formula is C10H13NO3S. The Hall–Kier alpha value is -0.940. The van der Waals surface area contributed by atoms with Gasteiger partial charge in [-0.1, -0.05) is 0 Å². The van der Waals surface area contributed by atoms with E-state index in [2.05, 4.69) is 4.98 Å². The van der Waals surface area contributed by atoms with Crippen LogP contribution in [0.4, 0.5) is 0 Å². The standard InChI is InChI=1S/C10H13NO3S/c1-2-14-10(13)6-3-4-7-9(6)11-8(5-12)15-7/h6,12H,2-5H2,1H3. The lowest BCUT2D eigenvalue weighted by molar-refractivity contribution is -0.145. The largest absolute Gasteiger partial charge is 0.465 e. The number of esters is 1. The summed E-state index contributed by atoms with van der Waals surface area (Å²) < 4.78 is 4.99. The van der Waals surface area contributed by atoms with Gasteiger partial charge in [0.05, 0.1) is 18.9 Å². The summed E-state index contributed by atoms with van der Waals surface area (Å²) in [5.74, 6) is -0.400. The quantitative estimate of drug-likeness (QED) is 0.789. The number of thiazole rings is 1. The molecule has 1 aromatic rings. The van der Waals surface area contributed by atoms with E-state index in [1.165, 1.54) is 11.3 Å². The van der Waals surface area contributed by atoms with Crippen LogP contribution in [0.15, 0.2) is 0 Å². The first-order valence-electron chi connectivity index (χ1n) is 5.02. The molecule has 0 radical (unpaired) electrons. The maximum absolute atomic E-state index is 11.6. The normalized spacial score (nSPS) is 18.9. The van der Waals surface area contributed by atoms with Crippen LogP contribution in [-0.2, 0) is 22.6 Å². The molecule has 1 aromatic heterocycles. The first-order chi connectivity index (χ1) is 7.26. The van der Waals surface area contributed by atoms with Crippen LogP contribution in [-0.4, -0.2) is 22.7 Å². The van der Waals surface area contributed by atoms with E-state index in [1.807, 2.05) is 0 Å². The highest BCUT2D eigenvalue weighted by Gasteiger charge is 2.33. The third kappa shape index (κ3) is 1.89. The van der Waals surface area contributed by atoms with Gasteiger partial charge >= 0.3 is 5.97 Å². The van der Waals surface area contributed by atoms with Crippen molar-refractivity contribution in [1.29, 1.82) is 0 Å². The van der Waals surface area contributed by atoms with Crippen LogP contribution in [0.1, 0.15) is 34.8 Å². The number of nitrogens with zero attached hydrogens (tertiary/aromatic N) is 1. The fourth-order valence-corrected chi connectivity index (χ4v) is 2.82. The number of hydrogen-bond donors (Lipinski definition) is 1. The van der Waals surface area contributed by atoms with Gasteiger partial charge in [0.15, 0.2) is 0 Å². The molecule has 4 nitrogen and oxygen atoms in total. The van der Waals surface area contributed by atoms with Gasteiger partial charge in [-0.2, -0.15) is 0 Å². The molecule has 2 rings (SSSR count).